The molecule has 1 aliphatic carbocycles. The Morgan fingerprint density at radius 1 is 0.438 bits per heavy atom. The third-order valence-electron chi connectivity index (χ3n) is 12.7. The number of fused-ring (bicyclic) bond motifs is 11. The molecule has 9 aromatic carbocycles. The van der Waals surface area contributed by atoms with Crippen molar-refractivity contribution < 1.29 is 4.42 Å². The first-order chi connectivity index (χ1) is 31.7. The van der Waals surface area contributed by atoms with Crippen molar-refractivity contribution in [2.24, 2.45) is 0 Å². The maximum absolute atomic E-state index is 6.78. The monoisotopic (exact) mass is 835 g/mol. The summed E-state index contributed by atoms with van der Waals surface area (Å²) < 4.78 is 9.35. The molecule has 0 atom stereocenters. The Labute approximate surface area is 376 Å². The standard InChI is InChI=1S/C61H41NOS/c1-40-16-4-2-7-24-53-55(50-22-11-10-21-49(50)48-20-9-8-19-47(40)48)39-57-61(54-25-12-14-26-56(54)63-57)60(53)43-30-34-45(35-31-43)62(44-32-28-42(29-33-44)41-17-5-3-6-18-41)46-36-37-52-51-23-13-15-27-58(51)64-59(52)38-46/h2-23,25-39H,1,24H2. The minimum absolute atomic E-state index is 0.726. The molecule has 0 amide bonds. The third kappa shape index (κ3) is 6.49. The van der Waals surface area contributed by atoms with Gasteiger partial charge >= 0.3 is 0 Å². The van der Waals surface area contributed by atoms with Crippen LogP contribution in [0.1, 0.15) is 11.1 Å². The van der Waals surface area contributed by atoms with Crippen molar-refractivity contribution in [1.82, 2.24) is 0 Å². The predicted molar refractivity (Wildman–Crippen MR) is 274 cm³/mol. The van der Waals surface area contributed by atoms with Crippen LogP contribution in [0.4, 0.5) is 17.1 Å². The smallest absolute Gasteiger partial charge is 0.136 e. The van der Waals surface area contributed by atoms with Crippen molar-refractivity contribution in [3.05, 3.63) is 242 Å². The molecule has 0 N–H and O–H groups in total. The fourth-order valence-electron chi connectivity index (χ4n) is 9.69. The van der Waals surface area contributed by atoms with Gasteiger partial charge in [0.1, 0.15) is 11.2 Å². The molecule has 64 heavy (non-hydrogen) atoms. The van der Waals surface area contributed by atoms with Crippen molar-refractivity contribution in [3.63, 3.8) is 0 Å². The van der Waals surface area contributed by atoms with Gasteiger partial charge < -0.3 is 9.32 Å². The molecule has 0 fully saturated rings. The van der Waals surface area contributed by atoms with Gasteiger partial charge in [-0.3, -0.25) is 0 Å². The van der Waals surface area contributed by atoms with E-state index in [1.807, 2.05) is 11.3 Å². The number of benzene rings is 9. The molecule has 3 heteroatoms. The van der Waals surface area contributed by atoms with E-state index >= 15 is 0 Å². The fraction of sp³-hybridized carbons (Fsp3) is 0.0164. The number of hydrogen-bond donors (Lipinski definition) is 0. The van der Waals surface area contributed by atoms with Crippen molar-refractivity contribution >= 4 is 76.1 Å². The van der Waals surface area contributed by atoms with E-state index in [4.69, 9.17) is 4.42 Å². The van der Waals surface area contributed by atoms with E-state index in [9.17, 15) is 0 Å². The minimum Gasteiger partial charge on any atom is -0.456 e. The molecule has 1 aliphatic rings. The highest BCUT2D eigenvalue weighted by molar-refractivity contribution is 7.25. The Balaban J connectivity index is 1.06. The highest BCUT2D eigenvalue weighted by Crippen LogP contribution is 2.48. The summed E-state index contributed by atoms with van der Waals surface area (Å²) >= 11 is 1.85. The largest absolute Gasteiger partial charge is 0.456 e. The molecule has 0 aliphatic heterocycles. The Hall–Kier alpha value is -7.98. The molecule has 0 saturated heterocycles. The average molecular weight is 836 g/mol. The maximum Gasteiger partial charge on any atom is 0.136 e. The van der Waals surface area contributed by atoms with Gasteiger partial charge in [0, 0.05) is 48.0 Å². The van der Waals surface area contributed by atoms with Crippen LogP contribution in [0.2, 0.25) is 0 Å². The number of thiophene rings is 1. The first kappa shape index (κ1) is 37.8. The normalized spacial score (nSPS) is 12.5. The summed E-state index contributed by atoms with van der Waals surface area (Å²) in [6.07, 6.45) is 9.39. The maximum atomic E-state index is 6.78. The van der Waals surface area contributed by atoms with Crippen molar-refractivity contribution in [2.45, 2.75) is 6.42 Å². The summed E-state index contributed by atoms with van der Waals surface area (Å²) in [6.45, 7) is 4.48. The molecule has 12 rings (SSSR count). The molecule has 0 spiro atoms. The van der Waals surface area contributed by atoms with Gasteiger partial charge in [-0.2, -0.15) is 0 Å². The van der Waals surface area contributed by atoms with E-state index in [0.717, 1.165) is 78.8 Å². The third-order valence-corrected chi connectivity index (χ3v) is 13.8. The van der Waals surface area contributed by atoms with Crippen LogP contribution in [0.15, 0.2) is 235 Å². The van der Waals surface area contributed by atoms with Crippen molar-refractivity contribution in [3.8, 4) is 44.5 Å². The van der Waals surface area contributed by atoms with Gasteiger partial charge in [0.25, 0.3) is 0 Å². The second-order valence-corrected chi connectivity index (χ2v) is 17.5. The van der Waals surface area contributed by atoms with Gasteiger partial charge in [0.15, 0.2) is 0 Å². The zero-order chi connectivity index (χ0) is 42.6. The van der Waals surface area contributed by atoms with E-state index < -0.39 is 0 Å². The quantitative estimate of drug-likeness (QED) is 0.172. The molecule has 0 unspecified atom stereocenters. The van der Waals surface area contributed by atoms with Gasteiger partial charge in [-0.1, -0.05) is 176 Å². The van der Waals surface area contributed by atoms with Crippen LogP contribution in [-0.4, -0.2) is 0 Å². The van der Waals surface area contributed by atoms with Gasteiger partial charge in [0.2, 0.25) is 0 Å². The fourth-order valence-corrected chi connectivity index (χ4v) is 10.8. The Morgan fingerprint density at radius 2 is 1.02 bits per heavy atom. The predicted octanol–water partition coefficient (Wildman–Crippen LogP) is 17.8. The van der Waals surface area contributed by atoms with Crippen LogP contribution in [0, 0.1) is 0 Å². The number of rotatable bonds is 5. The first-order valence-electron chi connectivity index (χ1n) is 21.8. The summed E-state index contributed by atoms with van der Waals surface area (Å²) in [5, 5.41) is 4.83. The van der Waals surface area contributed by atoms with Crippen LogP contribution in [0.25, 0.3) is 92.2 Å². The Kier molecular flexibility index (Phi) is 9.28. The lowest BCUT2D eigenvalue weighted by Gasteiger charge is -2.26. The molecule has 0 radical (unpaired) electrons. The SMILES string of the molecule is C=C1C=CC=CCc2c(cc3oc4ccccc4c3c2-c2ccc(N(c3ccc(-c4ccccc4)cc3)c3ccc4c(c3)sc3ccccc34)cc2)-c2ccccc2-c2ccccc21. The molecule has 0 bridgehead atoms. The van der Waals surface area contributed by atoms with E-state index in [0.29, 0.717) is 0 Å². The van der Waals surface area contributed by atoms with E-state index in [1.165, 1.54) is 48.0 Å². The number of allylic oxidation sites excluding steroid dienone is 5. The lowest BCUT2D eigenvalue weighted by Crippen LogP contribution is -2.09. The van der Waals surface area contributed by atoms with E-state index in [2.05, 4.69) is 236 Å². The highest BCUT2D eigenvalue weighted by atomic mass is 32.1. The summed E-state index contributed by atoms with van der Waals surface area (Å²) in [5.41, 5.74) is 17.8. The van der Waals surface area contributed by atoms with Crippen molar-refractivity contribution in [1.29, 1.82) is 0 Å². The average Bonchev–Trinajstić information content (AvgIpc) is 3.92. The van der Waals surface area contributed by atoms with Crippen LogP contribution in [0.3, 0.4) is 0 Å². The number of anilines is 3. The molecular weight excluding hydrogens is 795 g/mol. The summed E-state index contributed by atoms with van der Waals surface area (Å²) in [4.78, 5) is 2.39. The molecule has 11 aromatic rings. The Morgan fingerprint density at radius 3 is 1.78 bits per heavy atom. The van der Waals surface area contributed by atoms with Crippen LogP contribution < -0.4 is 4.90 Å². The molecule has 2 heterocycles. The van der Waals surface area contributed by atoms with Crippen LogP contribution >= 0.6 is 11.3 Å². The number of para-hydroxylation sites is 1. The molecule has 2 nitrogen and oxygen atoms in total. The summed E-state index contributed by atoms with van der Waals surface area (Å²) in [5.74, 6) is 0. The first-order valence-corrected chi connectivity index (χ1v) is 22.6. The Bertz CT molecular complexity index is 3640. The van der Waals surface area contributed by atoms with Gasteiger partial charge in [-0.05, 0) is 122 Å². The van der Waals surface area contributed by atoms with Crippen LogP contribution in [-0.2, 0) is 6.42 Å². The lowest BCUT2D eigenvalue weighted by atomic mass is 9.83. The second-order valence-electron chi connectivity index (χ2n) is 16.4. The number of nitrogens with zero attached hydrogens (tertiary/aromatic N) is 1. The van der Waals surface area contributed by atoms with E-state index in [-0.39, 0.29) is 0 Å². The van der Waals surface area contributed by atoms with Crippen LogP contribution in [0.5, 0.6) is 0 Å². The van der Waals surface area contributed by atoms with Gasteiger partial charge in [0.05, 0.1) is 0 Å². The van der Waals surface area contributed by atoms with E-state index in [1.54, 1.807) is 0 Å². The summed E-state index contributed by atoms with van der Waals surface area (Å²) in [6, 6.07) is 72.5. The number of hydrogen-bond acceptors (Lipinski definition) is 3. The molecule has 0 saturated carbocycles. The molecule has 302 valence electrons. The zero-order valence-electron chi connectivity index (χ0n) is 35.0. The molecule has 2 aromatic heterocycles. The number of furan rings is 1. The minimum atomic E-state index is 0.726. The van der Waals surface area contributed by atoms with Crippen molar-refractivity contribution in [2.75, 3.05) is 4.90 Å². The topological polar surface area (TPSA) is 16.4 Å². The highest BCUT2D eigenvalue weighted by Gasteiger charge is 2.24. The summed E-state index contributed by atoms with van der Waals surface area (Å²) in [7, 11) is 0. The second kappa shape index (κ2) is 15.7. The van der Waals surface area contributed by atoms with Gasteiger partial charge in [-0.15, -0.1) is 11.3 Å². The lowest BCUT2D eigenvalue weighted by molar-refractivity contribution is 0.669. The molecular formula is C61H41NOS. The zero-order valence-corrected chi connectivity index (χ0v) is 35.9. The van der Waals surface area contributed by atoms with Gasteiger partial charge in [-0.25, -0.2) is 0 Å².